The first-order chi connectivity index (χ1) is 8.00. The van der Waals surface area contributed by atoms with Crippen LogP contribution in [-0.2, 0) is 0 Å². The van der Waals surface area contributed by atoms with Crippen molar-refractivity contribution in [1.29, 1.82) is 0 Å². The Balaban J connectivity index is 2.51. The lowest BCUT2D eigenvalue weighted by Crippen LogP contribution is -1.99. The highest BCUT2D eigenvalue weighted by Gasteiger charge is 2.18. The summed E-state index contributed by atoms with van der Waals surface area (Å²) >= 11 is 5.47. The Labute approximate surface area is 114 Å². The molecule has 1 aromatic carbocycles. The molecular weight excluding hydrogens is 299 g/mol. The smallest absolute Gasteiger partial charge is 0.123 e. The Morgan fingerprint density at radius 1 is 1.12 bits per heavy atom. The number of aryl methyl sites for hydroxylation is 3. The maximum Gasteiger partial charge on any atom is 0.123 e. The summed E-state index contributed by atoms with van der Waals surface area (Å²) in [6.45, 7) is 6.03. The molecule has 1 heterocycles. The van der Waals surface area contributed by atoms with Gasteiger partial charge in [-0.25, -0.2) is 4.39 Å². The van der Waals surface area contributed by atoms with Crippen molar-refractivity contribution in [3.05, 3.63) is 56.5 Å². The summed E-state index contributed by atoms with van der Waals surface area (Å²) in [5, 5.41) is 2.09. The van der Waals surface area contributed by atoms with Gasteiger partial charge >= 0.3 is 0 Å². The van der Waals surface area contributed by atoms with Gasteiger partial charge in [0, 0.05) is 4.88 Å². The molecule has 3 heteroatoms. The molecule has 0 amide bonds. The van der Waals surface area contributed by atoms with Crippen molar-refractivity contribution in [3.8, 4) is 0 Å². The van der Waals surface area contributed by atoms with Crippen LogP contribution in [0, 0.1) is 26.6 Å². The largest absolute Gasteiger partial charge is 0.207 e. The summed E-state index contributed by atoms with van der Waals surface area (Å²) < 4.78 is 13.3. The Bertz CT molecular complexity index is 522. The molecule has 0 aliphatic rings. The topological polar surface area (TPSA) is 0 Å². The number of benzene rings is 1. The fourth-order valence-electron chi connectivity index (χ4n) is 2.10. The predicted molar refractivity (Wildman–Crippen MR) is 75.7 cm³/mol. The minimum Gasteiger partial charge on any atom is -0.207 e. The van der Waals surface area contributed by atoms with Gasteiger partial charge in [0.2, 0.25) is 0 Å². The van der Waals surface area contributed by atoms with E-state index in [1.165, 1.54) is 16.0 Å². The summed E-state index contributed by atoms with van der Waals surface area (Å²) in [6, 6.07) is 5.31. The summed E-state index contributed by atoms with van der Waals surface area (Å²) in [6.07, 6.45) is 0. The number of alkyl halides is 1. The van der Waals surface area contributed by atoms with E-state index in [4.69, 9.17) is 0 Å². The van der Waals surface area contributed by atoms with Gasteiger partial charge in [0.1, 0.15) is 5.82 Å². The molecule has 0 bridgehead atoms. The highest BCUT2D eigenvalue weighted by Crippen LogP contribution is 2.39. The quantitative estimate of drug-likeness (QED) is 0.660. The molecule has 0 fully saturated rings. The van der Waals surface area contributed by atoms with E-state index in [1.807, 2.05) is 13.8 Å². The van der Waals surface area contributed by atoms with Crippen LogP contribution in [0.15, 0.2) is 23.6 Å². The third kappa shape index (κ3) is 2.45. The minimum atomic E-state index is -0.161. The second-order valence-electron chi connectivity index (χ2n) is 4.28. The molecule has 1 atom stereocenters. The van der Waals surface area contributed by atoms with Gasteiger partial charge in [-0.1, -0.05) is 15.9 Å². The molecule has 0 radical (unpaired) electrons. The van der Waals surface area contributed by atoms with Gasteiger partial charge in [0.15, 0.2) is 0 Å². The Morgan fingerprint density at radius 3 is 2.18 bits per heavy atom. The van der Waals surface area contributed by atoms with Crippen LogP contribution in [0.5, 0.6) is 0 Å². The maximum absolute atomic E-state index is 13.3. The molecule has 0 nitrogen and oxygen atoms in total. The first kappa shape index (κ1) is 12.8. The van der Waals surface area contributed by atoms with Crippen LogP contribution < -0.4 is 0 Å². The van der Waals surface area contributed by atoms with Crippen LogP contribution in [0.1, 0.15) is 32.0 Å². The average Bonchev–Trinajstić information content (AvgIpc) is 2.62. The van der Waals surface area contributed by atoms with Crippen molar-refractivity contribution >= 4 is 27.3 Å². The van der Waals surface area contributed by atoms with Gasteiger partial charge in [0.25, 0.3) is 0 Å². The van der Waals surface area contributed by atoms with Crippen molar-refractivity contribution in [2.24, 2.45) is 0 Å². The number of hydrogen-bond donors (Lipinski definition) is 0. The molecule has 0 N–H and O–H groups in total. The van der Waals surface area contributed by atoms with Gasteiger partial charge in [-0.05, 0) is 66.6 Å². The van der Waals surface area contributed by atoms with E-state index in [0.29, 0.717) is 0 Å². The van der Waals surface area contributed by atoms with Gasteiger partial charge in [0.05, 0.1) is 4.83 Å². The molecule has 0 saturated carbocycles. The van der Waals surface area contributed by atoms with Crippen LogP contribution >= 0.6 is 27.3 Å². The average molecular weight is 313 g/mol. The number of rotatable bonds is 2. The van der Waals surface area contributed by atoms with Crippen molar-refractivity contribution in [1.82, 2.24) is 0 Å². The second-order valence-corrected chi connectivity index (χ2v) is 6.15. The lowest BCUT2D eigenvalue weighted by atomic mass is 9.98. The Kier molecular flexibility index (Phi) is 3.69. The van der Waals surface area contributed by atoms with Gasteiger partial charge in [-0.2, -0.15) is 0 Å². The third-order valence-corrected chi connectivity index (χ3v) is 5.25. The summed E-state index contributed by atoms with van der Waals surface area (Å²) in [5.74, 6) is -0.161. The van der Waals surface area contributed by atoms with Crippen LogP contribution in [0.2, 0.25) is 0 Å². The highest BCUT2D eigenvalue weighted by molar-refractivity contribution is 9.09. The minimum absolute atomic E-state index is 0.156. The molecule has 0 spiro atoms. The van der Waals surface area contributed by atoms with E-state index in [2.05, 4.69) is 34.3 Å². The molecule has 17 heavy (non-hydrogen) atoms. The van der Waals surface area contributed by atoms with Crippen molar-refractivity contribution < 1.29 is 4.39 Å². The molecule has 2 aromatic rings. The zero-order valence-electron chi connectivity index (χ0n) is 10.1. The van der Waals surface area contributed by atoms with Gasteiger partial charge in [-0.15, -0.1) is 11.3 Å². The van der Waals surface area contributed by atoms with E-state index >= 15 is 0 Å². The zero-order chi connectivity index (χ0) is 12.6. The number of halogens is 2. The Morgan fingerprint density at radius 2 is 1.71 bits per heavy atom. The lowest BCUT2D eigenvalue weighted by molar-refractivity contribution is 0.624. The van der Waals surface area contributed by atoms with Gasteiger partial charge in [-0.3, -0.25) is 0 Å². The summed E-state index contributed by atoms with van der Waals surface area (Å²) in [7, 11) is 0. The van der Waals surface area contributed by atoms with Crippen LogP contribution in [0.25, 0.3) is 0 Å². The molecule has 0 saturated heterocycles. The van der Waals surface area contributed by atoms with Crippen LogP contribution in [0.3, 0.4) is 0 Å². The molecule has 2 rings (SSSR count). The van der Waals surface area contributed by atoms with E-state index in [9.17, 15) is 4.39 Å². The first-order valence-corrected chi connectivity index (χ1v) is 7.25. The fourth-order valence-corrected chi connectivity index (χ4v) is 4.41. The standard InChI is InChI=1S/C14H14BrFS/c1-8-4-5-17-14(8)13(15)12-9(2)6-11(16)7-10(12)3/h4-7,13H,1-3H3. The normalized spacial score (nSPS) is 12.8. The SMILES string of the molecule is Cc1ccsc1C(Br)c1c(C)cc(F)cc1C. The fraction of sp³-hybridized carbons (Fsp3) is 0.286. The zero-order valence-corrected chi connectivity index (χ0v) is 12.5. The van der Waals surface area contributed by atoms with Crippen molar-refractivity contribution in [3.63, 3.8) is 0 Å². The highest BCUT2D eigenvalue weighted by atomic mass is 79.9. The van der Waals surface area contributed by atoms with Crippen molar-refractivity contribution in [2.75, 3.05) is 0 Å². The molecule has 0 aliphatic carbocycles. The predicted octanol–water partition coefficient (Wildman–Crippen LogP) is 5.30. The molecule has 90 valence electrons. The Hall–Kier alpha value is -0.670. The van der Waals surface area contributed by atoms with E-state index in [0.717, 1.165) is 11.1 Å². The first-order valence-electron chi connectivity index (χ1n) is 5.45. The molecule has 1 aromatic heterocycles. The number of hydrogen-bond acceptors (Lipinski definition) is 1. The van der Waals surface area contributed by atoms with Crippen molar-refractivity contribution in [2.45, 2.75) is 25.6 Å². The monoisotopic (exact) mass is 312 g/mol. The summed E-state index contributed by atoms with van der Waals surface area (Å²) in [5.41, 5.74) is 4.45. The van der Waals surface area contributed by atoms with Crippen LogP contribution in [-0.4, -0.2) is 0 Å². The molecular formula is C14H14BrFS. The molecule has 0 aliphatic heterocycles. The third-order valence-electron chi connectivity index (χ3n) is 2.94. The lowest BCUT2D eigenvalue weighted by Gasteiger charge is -2.16. The van der Waals surface area contributed by atoms with E-state index < -0.39 is 0 Å². The second kappa shape index (κ2) is 4.91. The number of thiophene rings is 1. The summed E-state index contributed by atoms with van der Waals surface area (Å²) in [4.78, 5) is 1.45. The van der Waals surface area contributed by atoms with Gasteiger partial charge < -0.3 is 0 Å². The molecule has 1 unspecified atom stereocenters. The van der Waals surface area contributed by atoms with Crippen LogP contribution in [0.4, 0.5) is 4.39 Å². The van der Waals surface area contributed by atoms with E-state index in [-0.39, 0.29) is 10.6 Å². The van der Waals surface area contributed by atoms with E-state index in [1.54, 1.807) is 23.5 Å². The maximum atomic E-state index is 13.3.